The molecule has 0 bridgehead atoms. The van der Waals surface area contributed by atoms with Crippen molar-refractivity contribution < 1.29 is 5.11 Å². The maximum atomic E-state index is 10.4. The molecule has 0 unspecified atom stereocenters. The van der Waals surface area contributed by atoms with Crippen LogP contribution in [-0.2, 0) is 0 Å². The fraction of sp³-hybridized carbons (Fsp3) is 1.00. The Morgan fingerprint density at radius 2 is 1.71 bits per heavy atom. The van der Waals surface area contributed by atoms with Crippen LogP contribution >= 0.6 is 0 Å². The van der Waals surface area contributed by atoms with Gasteiger partial charge in [0.2, 0.25) is 0 Å². The maximum absolute atomic E-state index is 10.4. The molecule has 1 heterocycles. The minimum Gasteiger partial charge on any atom is -0.389 e. The minimum absolute atomic E-state index is 0.433. The molecule has 3 heteroatoms. The van der Waals surface area contributed by atoms with Crippen LogP contribution in [0.2, 0.25) is 0 Å². The van der Waals surface area contributed by atoms with Crippen molar-refractivity contribution in [1.82, 2.24) is 10.2 Å². The third-order valence-electron chi connectivity index (χ3n) is 4.55. The van der Waals surface area contributed by atoms with Crippen LogP contribution in [0, 0.1) is 0 Å². The largest absolute Gasteiger partial charge is 0.389 e. The van der Waals surface area contributed by atoms with E-state index >= 15 is 0 Å². The Balaban J connectivity index is 1.81. The predicted octanol–water partition coefficient (Wildman–Crippen LogP) is 1.76. The van der Waals surface area contributed by atoms with Gasteiger partial charge in [-0.2, -0.15) is 0 Å². The number of rotatable bonds is 3. The van der Waals surface area contributed by atoms with Crippen molar-refractivity contribution in [3.8, 4) is 0 Å². The number of aliphatic hydroxyl groups is 1. The molecule has 0 spiro atoms. The molecule has 1 aliphatic heterocycles. The van der Waals surface area contributed by atoms with E-state index in [1.165, 1.54) is 51.6 Å². The molecule has 1 saturated heterocycles. The molecule has 100 valence electrons. The van der Waals surface area contributed by atoms with Gasteiger partial charge in [0.25, 0.3) is 0 Å². The van der Waals surface area contributed by atoms with Gasteiger partial charge in [0.05, 0.1) is 5.60 Å². The summed E-state index contributed by atoms with van der Waals surface area (Å²) < 4.78 is 0. The third kappa shape index (κ3) is 3.67. The molecule has 2 fully saturated rings. The number of hydrogen-bond acceptors (Lipinski definition) is 3. The van der Waals surface area contributed by atoms with Crippen LogP contribution in [0.5, 0.6) is 0 Å². The Labute approximate surface area is 106 Å². The quantitative estimate of drug-likeness (QED) is 0.789. The number of likely N-dealkylation sites (tertiary alicyclic amines) is 1. The van der Waals surface area contributed by atoms with Crippen molar-refractivity contribution in [2.45, 2.75) is 63.0 Å². The molecule has 2 N–H and O–H groups in total. The molecule has 0 aromatic carbocycles. The lowest BCUT2D eigenvalue weighted by molar-refractivity contribution is -0.0176. The van der Waals surface area contributed by atoms with Gasteiger partial charge in [-0.25, -0.2) is 0 Å². The van der Waals surface area contributed by atoms with Gasteiger partial charge >= 0.3 is 0 Å². The van der Waals surface area contributed by atoms with Crippen LogP contribution in [0.1, 0.15) is 51.4 Å². The van der Waals surface area contributed by atoms with Crippen molar-refractivity contribution in [2.75, 3.05) is 26.7 Å². The first kappa shape index (κ1) is 13.3. The monoisotopic (exact) mass is 240 g/mol. The maximum Gasteiger partial charge on any atom is 0.0772 e. The van der Waals surface area contributed by atoms with E-state index in [2.05, 4.69) is 10.2 Å². The van der Waals surface area contributed by atoms with Crippen molar-refractivity contribution in [3.63, 3.8) is 0 Å². The summed E-state index contributed by atoms with van der Waals surface area (Å²) in [5.41, 5.74) is -0.433. The highest BCUT2D eigenvalue weighted by molar-refractivity contribution is 4.90. The molecule has 0 radical (unpaired) electrons. The van der Waals surface area contributed by atoms with Gasteiger partial charge in [-0.1, -0.05) is 12.8 Å². The zero-order valence-electron chi connectivity index (χ0n) is 11.2. The summed E-state index contributed by atoms with van der Waals surface area (Å²) in [6.45, 7) is 3.32. The molecule has 3 nitrogen and oxygen atoms in total. The smallest absolute Gasteiger partial charge is 0.0772 e. The Hall–Kier alpha value is -0.120. The molecule has 1 aliphatic carbocycles. The Morgan fingerprint density at radius 1 is 1.12 bits per heavy atom. The Morgan fingerprint density at radius 3 is 2.24 bits per heavy atom. The van der Waals surface area contributed by atoms with Crippen LogP contribution in [0.15, 0.2) is 0 Å². The van der Waals surface area contributed by atoms with Gasteiger partial charge in [0.15, 0.2) is 0 Å². The average Bonchev–Trinajstić information content (AvgIpc) is 2.59. The van der Waals surface area contributed by atoms with Gasteiger partial charge in [0.1, 0.15) is 0 Å². The molecular weight excluding hydrogens is 212 g/mol. The second kappa shape index (κ2) is 6.17. The number of nitrogens with one attached hydrogen (secondary N) is 1. The van der Waals surface area contributed by atoms with E-state index in [1.807, 2.05) is 7.05 Å². The van der Waals surface area contributed by atoms with Crippen molar-refractivity contribution >= 4 is 0 Å². The summed E-state index contributed by atoms with van der Waals surface area (Å²) >= 11 is 0. The number of hydrogen-bond donors (Lipinski definition) is 2. The SMILES string of the molecule is CNCC1(O)CCC(N2CCCCCC2)CC1. The predicted molar refractivity (Wildman–Crippen MR) is 71.2 cm³/mol. The highest BCUT2D eigenvalue weighted by Crippen LogP contribution is 2.31. The van der Waals surface area contributed by atoms with E-state index in [4.69, 9.17) is 0 Å². The van der Waals surface area contributed by atoms with Crippen LogP contribution in [0.4, 0.5) is 0 Å². The van der Waals surface area contributed by atoms with Crippen LogP contribution in [0.25, 0.3) is 0 Å². The van der Waals surface area contributed by atoms with E-state index in [1.54, 1.807) is 0 Å². The summed E-state index contributed by atoms with van der Waals surface area (Å²) in [5, 5.41) is 13.5. The minimum atomic E-state index is -0.433. The van der Waals surface area contributed by atoms with E-state index < -0.39 is 5.60 Å². The lowest BCUT2D eigenvalue weighted by Crippen LogP contribution is -2.47. The van der Waals surface area contributed by atoms with Gasteiger partial charge in [-0.05, 0) is 58.7 Å². The van der Waals surface area contributed by atoms with Crippen LogP contribution < -0.4 is 5.32 Å². The topological polar surface area (TPSA) is 35.5 Å². The van der Waals surface area contributed by atoms with E-state index in [-0.39, 0.29) is 0 Å². The molecule has 2 rings (SSSR count). The molecule has 0 aromatic heterocycles. The molecule has 1 saturated carbocycles. The second-order valence-electron chi connectivity index (χ2n) is 5.94. The fourth-order valence-electron chi connectivity index (χ4n) is 3.47. The summed E-state index contributed by atoms with van der Waals surface area (Å²) in [6, 6.07) is 0.741. The highest BCUT2D eigenvalue weighted by atomic mass is 16.3. The van der Waals surface area contributed by atoms with E-state index in [0.717, 1.165) is 25.4 Å². The van der Waals surface area contributed by atoms with Crippen molar-refractivity contribution in [1.29, 1.82) is 0 Å². The van der Waals surface area contributed by atoms with Crippen LogP contribution in [-0.4, -0.2) is 48.3 Å². The summed E-state index contributed by atoms with van der Waals surface area (Å²) in [7, 11) is 1.93. The highest BCUT2D eigenvalue weighted by Gasteiger charge is 2.34. The average molecular weight is 240 g/mol. The number of likely N-dealkylation sites (N-methyl/N-ethyl adjacent to an activating group) is 1. The zero-order valence-corrected chi connectivity index (χ0v) is 11.2. The zero-order chi connectivity index (χ0) is 12.1. The Kier molecular flexibility index (Phi) is 4.83. The fourth-order valence-corrected chi connectivity index (χ4v) is 3.47. The van der Waals surface area contributed by atoms with E-state index in [9.17, 15) is 5.11 Å². The third-order valence-corrected chi connectivity index (χ3v) is 4.55. The van der Waals surface area contributed by atoms with Crippen molar-refractivity contribution in [2.24, 2.45) is 0 Å². The normalized spacial score (nSPS) is 36.7. The second-order valence-corrected chi connectivity index (χ2v) is 5.94. The lowest BCUT2D eigenvalue weighted by atomic mass is 9.81. The first-order valence-corrected chi connectivity index (χ1v) is 7.34. The van der Waals surface area contributed by atoms with Crippen molar-refractivity contribution in [3.05, 3.63) is 0 Å². The molecule has 2 aliphatic rings. The van der Waals surface area contributed by atoms with E-state index in [0.29, 0.717) is 0 Å². The molecule has 0 amide bonds. The number of nitrogens with zero attached hydrogens (tertiary/aromatic N) is 1. The van der Waals surface area contributed by atoms with Gasteiger partial charge in [-0.15, -0.1) is 0 Å². The molecular formula is C14H28N2O. The molecule has 0 aromatic rings. The van der Waals surface area contributed by atoms with Gasteiger partial charge in [-0.3, -0.25) is 0 Å². The van der Waals surface area contributed by atoms with Crippen LogP contribution in [0.3, 0.4) is 0 Å². The summed E-state index contributed by atoms with van der Waals surface area (Å²) in [4.78, 5) is 2.69. The Bertz CT molecular complexity index is 216. The standard InChI is InChI=1S/C14H28N2O/c1-15-12-14(17)8-6-13(7-9-14)16-10-4-2-3-5-11-16/h13,15,17H,2-12H2,1H3. The first-order chi connectivity index (χ1) is 8.23. The molecule has 17 heavy (non-hydrogen) atoms. The first-order valence-electron chi connectivity index (χ1n) is 7.34. The van der Waals surface area contributed by atoms with Gasteiger partial charge < -0.3 is 15.3 Å². The summed E-state index contributed by atoms with van der Waals surface area (Å²) in [5.74, 6) is 0. The van der Waals surface area contributed by atoms with Gasteiger partial charge in [0, 0.05) is 12.6 Å². The lowest BCUT2D eigenvalue weighted by Gasteiger charge is -2.40. The molecule has 0 atom stereocenters. The summed E-state index contributed by atoms with van der Waals surface area (Å²) in [6.07, 6.45) is 9.86.